The predicted octanol–water partition coefficient (Wildman–Crippen LogP) is 10.2. The third-order valence-electron chi connectivity index (χ3n) is 8.66. The molecule has 0 saturated carbocycles. The van der Waals surface area contributed by atoms with Crippen LogP contribution in [0.15, 0.2) is 127 Å². The van der Waals surface area contributed by atoms with E-state index in [4.69, 9.17) is 4.98 Å². The number of aromatic nitrogens is 3. The zero-order chi connectivity index (χ0) is 26.7. The average molecular weight is 540 g/mol. The van der Waals surface area contributed by atoms with Gasteiger partial charge in [-0.1, -0.05) is 84.9 Å². The molecule has 5 aromatic carbocycles. The van der Waals surface area contributed by atoms with Crippen molar-refractivity contribution in [1.82, 2.24) is 14.0 Å². The fourth-order valence-electron chi connectivity index (χ4n) is 6.97. The van der Waals surface area contributed by atoms with Crippen LogP contribution in [0.2, 0.25) is 0 Å². The van der Waals surface area contributed by atoms with Crippen LogP contribution in [0, 0.1) is 0 Å². The van der Waals surface area contributed by atoms with E-state index in [1.54, 1.807) is 0 Å². The number of hydrogen-bond acceptors (Lipinski definition) is 2. The Labute approximate surface area is 238 Å². The van der Waals surface area contributed by atoms with Crippen molar-refractivity contribution in [3.8, 4) is 16.9 Å². The Balaban J connectivity index is 1.36. The van der Waals surface area contributed by atoms with Gasteiger partial charge in [0.05, 0.1) is 27.8 Å². The molecule has 0 radical (unpaired) electrons. The molecule has 10 rings (SSSR count). The third-order valence-corrected chi connectivity index (χ3v) is 9.79. The summed E-state index contributed by atoms with van der Waals surface area (Å²) in [7, 11) is 0. The molecule has 0 aliphatic carbocycles. The van der Waals surface area contributed by atoms with E-state index in [9.17, 15) is 0 Å². The molecule has 4 heteroatoms. The molecule has 0 atom stereocenters. The number of imidazole rings is 1. The SMILES string of the molecule is c1ccc(-c2nc3cccc4c5cc(-n6c7ccccc7c7ccc8sc9ccccc9c8c76)ccc5c2n34)cc1. The zero-order valence-corrected chi connectivity index (χ0v) is 22.7. The Kier molecular flexibility index (Phi) is 4.07. The van der Waals surface area contributed by atoms with Crippen LogP contribution >= 0.6 is 11.3 Å². The van der Waals surface area contributed by atoms with E-state index in [1.165, 1.54) is 69.5 Å². The van der Waals surface area contributed by atoms with Crippen LogP contribution in [0.4, 0.5) is 0 Å². The first-order chi connectivity index (χ1) is 20.3. The van der Waals surface area contributed by atoms with E-state index in [0.717, 1.165) is 16.9 Å². The molecule has 41 heavy (non-hydrogen) atoms. The van der Waals surface area contributed by atoms with Crippen molar-refractivity contribution >= 4 is 80.8 Å². The van der Waals surface area contributed by atoms with Crippen LogP contribution in [0.25, 0.3) is 86.4 Å². The summed E-state index contributed by atoms with van der Waals surface area (Å²) in [5.74, 6) is 0. The number of rotatable bonds is 2. The Morgan fingerprint density at radius 3 is 2.20 bits per heavy atom. The van der Waals surface area contributed by atoms with Gasteiger partial charge in [-0.05, 0) is 42.5 Å². The molecule has 0 bridgehead atoms. The highest BCUT2D eigenvalue weighted by Crippen LogP contribution is 2.44. The highest BCUT2D eigenvalue weighted by atomic mass is 32.1. The predicted molar refractivity (Wildman–Crippen MR) is 174 cm³/mol. The molecule has 3 nitrogen and oxygen atoms in total. The summed E-state index contributed by atoms with van der Waals surface area (Å²) in [5.41, 5.74) is 9.21. The quantitative estimate of drug-likeness (QED) is 0.214. The van der Waals surface area contributed by atoms with Crippen LogP contribution in [0.5, 0.6) is 0 Å². The topological polar surface area (TPSA) is 22.2 Å². The van der Waals surface area contributed by atoms with Crippen molar-refractivity contribution in [2.45, 2.75) is 0 Å². The first-order valence-corrected chi connectivity index (χ1v) is 14.7. The van der Waals surface area contributed by atoms with Crippen molar-refractivity contribution in [3.05, 3.63) is 127 Å². The minimum Gasteiger partial charge on any atom is -0.309 e. The summed E-state index contributed by atoms with van der Waals surface area (Å²) in [4.78, 5) is 5.06. The van der Waals surface area contributed by atoms with Gasteiger partial charge in [-0.2, -0.15) is 0 Å². The van der Waals surface area contributed by atoms with Gasteiger partial charge in [0.2, 0.25) is 0 Å². The minimum atomic E-state index is 0.984. The highest BCUT2D eigenvalue weighted by Gasteiger charge is 2.21. The van der Waals surface area contributed by atoms with Crippen molar-refractivity contribution in [2.24, 2.45) is 0 Å². The van der Waals surface area contributed by atoms with Crippen LogP contribution in [0.1, 0.15) is 0 Å². The van der Waals surface area contributed by atoms with Crippen LogP contribution in [0.3, 0.4) is 0 Å². The van der Waals surface area contributed by atoms with Crippen molar-refractivity contribution in [3.63, 3.8) is 0 Å². The molecule has 0 unspecified atom stereocenters. The molecule has 0 aliphatic rings. The highest BCUT2D eigenvalue weighted by molar-refractivity contribution is 7.26. The van der Waals surface area contributed by atoms with Gasteiger partial charge in [-0.25, -0.2) is 4.98 Å². The van der Waals surface area contributed by atoms with Crippen LogP contribution in [-0.2, 0) is 0 Å². The third kappa shape index (κ3) is 2.75. The van der Waals surface area contributed by atoms with Gasteiger partial charge in [0.1, 0.15) is 5.65 Å². The number of nitrogens with zero attached hydrogens (tertiary/aromatic N) is 3. The maximum Gasteiger partial charge on any atom is 0.138 e. The smallest absolute Gasteiger partial charge is 0.138 e. The van der Waals surface area contributed by atoms with E-state index >= 15 is 0 Å². The number of hydrogen-bond donors (Lipinski definition) is 0. The fourth-order valence-corrected chi connectivity index (χ4v) is 8.08. The van der Waals surface area contributed by atoms with E-state index in [1.807, 2.05) is 11.3 Å². The minimum absolute atomic E-state index is 0.984. The lowest BCUT2D eigenvalue weighted by atomic mass is 10.1. The second-order valence-corrected chi connectivity index (χ2v) is 11.9. The van der Waals surface area contributed by atoms with Gasteiger partial charge < -0.3 is 4.57 Å². The molecule has 5 aromatic heterocycles. The van der Waals surface area contributed by atoms with Gasteiger partial charge in [0.25, 0.3) is 0 Å². The summed E-state index contributed by atoms with van der Waals surface area (Å²) < 4.78 is 7.46. The number of fused-ring (bicyclic) bond motifs is 10. The molecule has 190 valence electrons. The largest absolute Gasteiger partial charge is 0.309 e. The first-order valence-electron chi connectivity index (χ1n) is 13.9. The molecule has 5 heterocycles. The molecular weight excluding hydrogens is 518 g/mol. The van der Waals surface area contributed by atoms with E-state index < -0.39 is 0 Å². The normalized spacial score (nSPS) is 12.4. The van der Waals surface area contributed by atoms with Gasteiger partial charge in [0.15, 0.2) is 0 Å². The van der Waals surface area contributed by atoms with Crippen molar-refractivity contribution in [1.29, 1.82) is 0 Å². The number of thiophene rings is 1. The molecular formula is C37H21N3S. The Morgan fingerprint density at radius 1 is 0.512 bits per heavy atom. The number of pyridine rings is 1. The summed E-state index contributed by atoms with van der Waals surface area (Å²) in [6.45, 7) is 0. The lowest BCUT2D eigenvalue weighted by Gasteiger charge is -2.10. The molecule has 10 aromatic rings. The van der Waals surface area contributed by atoms with E-state index in [-0.39, 0.29) is 0 Å². The van der Waals surface area contributed by atoms with Crippen LogP contribution < -0.4 is 0 Å². The molecule has 0 spiro atoms. The Hall–Kier alpha value is -5.19. The van der Waals surface area contributed by atoms with E-state index in [0.29, 0.717) is 0 Å². The summed E-state index contributed by atoms with van der Waals surface area (Å²) in [5, 5.41) is 7.71. The molecule has 0 fully saturated rings. The lowest BCUT2D eigenvalue weighted by Crippen LogP contribution is -1.94. The average Bonchev–Trinajstić information content (AvgIpc) is 3.77. The van der Waals surface area contributed by atoms with Gasteiger partial charge in [-0.15, -0.1) is 11.3 Å². The maximum atomic E-state index is 5.06. The summed E-state index contributed by atoms with van der Waals surface area (Å²) in [6.07, 6.45) is 0. The fraction of sp³-hybridized carbons (Fsp3) is 0. The second kappa shape index (κ2) is 7.72. The first kappa shape index (κ1) is 21.6. The monoisotopic (exact) mass is 539 g/mol. The second-order valence-electron chi connectivity index (χ2n) is 10.8. The van der Waals surface area contributed by atoms with Gasteiger partial charge in [-0.3, -0.25) is 4.40 Å². The van der Waals surface area contributed by atoms with Crippen molar-refractivity contribution < 1.29 is 0 Å². The number of benzene rings is 5. The lowest BCUT2D eigenvalue weighted by molar-refractivity contribution is 1.19. The van der Waals surface area contributed by atoms with Gasteiger partial charge >= 0.3 is 0 Å². The Morgan fingerprint density at radius 2 is 1.27 bits per heavy atom. The summed E-state index contributed by atoms with van der Waals surface area (Å²) >= 11 is 1.88. The Bertz CT molecular complexity index is 2640. The molecule has 0 N–H and O–H groups in total. The zero-order valence-electron chi connectivity index (χ0n) is 21.9. The number of para-hydroxylation sites is 1. The van der Waals surface area contributed by atoms with Crippen LogP contribution in [-0.4, -0.2) is 14.0 Å². The molecule has 0 amide bonds. The standard InChI is InChI=1S/C37H21N3S/c1-2-9-22(10-3-1)35-37-26-18-17-23(21-28(26)30-14-8-16-33(38-35)40(30)37)39-29-13-6-4-11-24(29)25-19-20-32-34(36(25)39)27-12-5-7-15-31(27)41-32/h1-21H. The van der Waals surface area contributed by atoms with Gasteiger partial charge in [0, 0.05) is 53.0 Å². The summed E-state index contributed by atoms with van der Waals surface area (Å²) in [6, 6.07) is 46.2. The maximum absolute atomic E-state index is 5.06. The van der Waals surface area contributed by atoms with Crippen molar-refractivity contribution in [2.75, 3.05) is 0 Å². The molecule has 0 aliphatic heterocycles. The van der Waals surface area contributed by atoms with E-state index in [2.05, 4.69) is 136 Å². The molecule has 0 saturated heterocycles.